The molecule has 2 aromatic carbocycles. The molecule has 0 radical (unpaired) electrons. The lowest BCUT2D eigenvalue weighted by Crippen LogP contribution is -2.39. The molecule has 0 fully saturated rings. The van der Waals surface area contributed by atoms with Crippen LogP contribution in [-0.2, 0) is 41.9 Å². The van der Waals surface area contributed by atoms with E-state index in [0.717, 1.165) is 0 Å². The number of alkyl halides is 3. The van der Waals surface area contributed by atoms with Crippen LogP contribution in [0.25, 0.3) is 22.1 Å². The van der Waals surface area contributed by atoms with Crippen molar-refractivity contribution in [3.05, 3.63) is 77.3 Å². The SMILES string of the molecule is COc1ccc(CC(=O)O)c(OCc2cc(-c3ccnc(CN[S+]([O-])C(C)(C)C)c3)c3occ(C(F)(F)F)c3c2)c1. The molecule has 0 saturated heterocycles. The summed E-state index contributed by atoms with van der Waals surface area (Å²) in [4.78, 5) is 15.6. The number of hydrogen-bond acceptors (Lipinski definition) is 7. The summed E-state index contributed by atoms with van der Waals surface area (Å²) in [6.45, 7) is 5.51. The minimum Gasteiger partial charge on any atom is -0.598 e. The van der Waals surface area contributed by atoms with E-state index < -0.39 is 33.8 Å². The molecule has 218 valence electrons. The zero-order valence-electron chi connectivity index (χ0n) is 22.8. The summed E-state index contributed by atoms with van der Waals surface area (Å²) in [5.74, 6) is -0.392. The van der Waals surface area contributed by atoms with Crippen LogP contribution in [-0.4, -0.2) is 32.5 Å². The van der Waals surface area contributed by atoms with Gasteiger partial charge in [-0.15, -0.1) is 4.72 Å². The van der Waals surface area contributed by atoms with E-state index in [2.05, 4.69) is 9.71 Å². The molecule has 0 aliphatic heterocycles. The molecule has 1 unspecified atom stereocenters. The van der Waals surface area contributed by atoms with Gasteiger partial charge in [0.25, 0.3) is 0 Å². The highest BCUT2D eigenvalue weighted by Crippen LogP contribution is 2.41. The Morgan fingerprint density at radius 2 is 1.90 bits per heavy atom. The number of ether oxygens (including phenoxy) is 2. The molecule has 2 N–H and O–H groups in total. The van der Waals surface area contributed by atoms with Gasteiger partial charge in [0.15, 0.2) is 0 Å². The van der Waals surface area contributed by atoms with Crippen LogP contribution in [0.1, 0.15) is 43.2 Å². The van der Waals surface area contributed by atoms with Crippen LogP contribution in [0.15, 0.2) is 59.3 Å². The van der Waals surface area contributed by atoms with Crippen LogP contribution in [0.3, 0.4) is 0 Å². The first kappa shape index (κ1) is 30.2. The molecule has 0 saturated carbocycles. The van der Waals surface area contributed by atoms with Gasteiger partial charge in [-0.05, 0) is 62.2 Å². The van der Waals surface area contributed by atoms with Crippen molar-refractivity contribution in [1.29, 1.82) is 0 Å². The number of carbonyl (C=O) groups is 1. The summed E-state index contributed by atoms with van der Waals surface area (Å²) in [6, 6.07) is 11.0. The highest BCUT2D eigenvalue weighted by molar-refractivity contribution is 7.90. The first-order valence-electron chi connectivity index (χ1n) is 12.5. The van der Waals surface area contributed by atoms with Gasteiger partial charge in [0.05, 0.1) is 25.8 Å². The average Bonchev–Trinajstić information content (AvgIpc) is 3.35. The molecular formula is C29H29F3N2O6S. The van der Waals surface area contributed by atoms with Crippen LogP contribution in [0.4, 0.5) is 13.2 Å². The maximum Gasteiger partial charge on any atom is 0.420 e. The number of halogens is 3. The van der Waals surface area contributed by atoms with Crippen molar-refractivity contribution in [3.63, 3.8) is 0 Å². The minimum absolute atomic E-state index is 0.0393. The topological polar surface area (TPSA) is 117 Å². The Bertz CT molecular complexity index is 1550. The molecule has 41 heavy (non-hydrogen) atoms. The van der Waals surface area contributed by atoms with E-state index in [1.165, 1.54) is 25.4 Å². The zero-order valence-corrected chi connectivity index (χ0v) is 23.6. The second-order valence-electron chi connectivity index (χ2n) is 10.2. The van der Waals surface area contributed by atoms with Crippen LogP contribution < -0.4 is 14.2 Å². The number of benzene rings is 2. The summed E-state index contributed by atoms with van der Waals surface area (Å²) in [5, 5.41) is 9.12. The fourth-order valence-corrected chi connectivity index (χ4v) is 4.79. The molecule has 0 aliphatic carbocycles. The van der Waals surface area contributed by atoms with Gasteiger partial charge < -0.3 is 23.6 Å². The third-order valence-corrected chi connectivity index (χ3v) is 7.64. The van der Waals surface area contributed by atoms with E-state index in [4.69, 9.17) is 13.9 Å². The number of pyridine rings is 1. The molecule has 4 rings (SSSR count). The zero-order chi connectivity index (χ0) is 29.9. The molecule has 8 nitrogen and oxygen atoms in total. The Kier molecular flexibility index (Phi) is 8.86. The summed E-state index contributed by atoms with van der Waals surface area (Å²) >= 11 is -1.35. The first-order chi connectivity index (χ1) is 19.3. The standard InChI is InChI=1S/C29H29F3N2O6S/c1-28(2,3)41(37)34-14-20-11-18(7-8-33-20)22-9-17(10-23-24(29(30,31)32)16-40-27(22)23)15-39-25-13-21(38-4)6-5-19(25)12-26(35)36/h5-11,13,16,34H,12,14-15H2,1-4H3,(H,35,36). The third-order valence-electron chi connectivity index (χ3n) is 6.12. The van der Waals surface area contributed by atoms with E-state index in [1.807, 2.05) is 20.8 Å². The Morgan fingerprint density at radius 1 is 1.15 bits per heavy atom. The predicted octanol–water partition coefficient (Wildman–Crippen LogP) is 6.28. The van der Waals surface area contributed by atoms with E-state index >= 15 is 0 Å². The fraction of sp³-hybridized carbons (Fsp3) is 0.310. The van der Waals surface area contributed by atoms with E-state index in [9.17, 15) is 27.6 Å². The van der Waals surface area contributed by atoms with Crippen LogP contribution >= 0.6 is 0 Å². The largest absolute Gasteiger partial charge is 0.598 e. The van der Waals surface area contributed by atoms with Crippen LogP contribution in [0.2, 0.25) is 0 Å². The molecule has 1 atom stereocenters. The number of carboxylic acids is 1. The van der Waals surface area contributed by atoms with Crippen molar-refractivity contribution in [1.82, 2.24) is 9.71 Å². The van der Waals surface area contributed by atoms with Gasteiger partial charge in [0, 0.05) is 40.1 Å². The Labute approximate surface area is 237 Å². The Morgan fingerprint density at radius 3 is 2.56 bits per heavy atom. The molecule has 0 aliphatic rings. The summed E-state index contributed by atoms with van der Waals surface area (Å²) in [7, 11) is 1.45. The normalized spacial score (nSPS) is 12.9. The van der Waals surface area contributed by atoms with E-state index in [0.29, 0.717) is 40.0 Å². The van der Waals surface area contributed by atoms with Crippen LogP contribution in [0.5, 0.6) is 11.5 Å². The summed E-state index contributed by atoms with van der Waals surface area (Å²) < 4.78 is 73.0. The number of hydrogen-bond donors (Lipinski definition) is 2. The molecular weight excluding hydrogens is 561 g/mol. The fourth-order valence-electron chi connectivity index (χ4n) is 4.08. The van der Waals surface area contributed by atoms with E-state index in [-0.39, 0.29) is 36.3 Å². The molecule has 12 heteroatoms. The summed E-state index contributed by atoms with van der Waals surface area (Å²) in [5.41, 5.74) is 1.35. The number of rotatable bonds is 10. The minimum atomic E-state index is -4.66. The molecule has 0 amide bonds. The summed E-state index contributed by atoms with van der Waals surface area (Å²) in [6.07, 6.45) is -2.77. The third kappa shape index (κ3) is 7.32. The maximum atomic E-state index is 13.9. The molecule has 2 aromatic heterocycles. The first-order valence-corrected chi connectivity index (χ1v) is 13.6. The molecule has 0 spiro atoms. The van der Waals surface area contributed by atoms with Crippen molar-refractivity contribution in [3.8, 4) is 22.6 Å². The maximum absolute atomic E-state index is 13.9. The van der Waals surface area contributed by atoms with E-state index in [1.54, 1.807) is 30.3 Å². The van der Waals surface area contributed by atoms with Gasteiger partial charge in [0.1, 0.15) is 40.3 Å². The molecule has 2 heterocycles. The average molecular weight is 591 g/mol. The number of furan rings is 1. The van der Waals surface area contributed by atoms with Crippen molar-refractivity contribution < 1.29 is 41.5 Å². The van der Waals surface area contributed by atoms with Gasteiger partial charge in [-0.3, -0.25) is 9.78 Å². The quantitative estimate of drug-likeness (QED) is 0.207. The highest BCUT2D eigenvalue weighted by atomic mass is 32.2. The molecule has 0 bridgehead atoms. The number of methoxy groups -OCH3 is 1. The lowest BCUT2D eigenvalue weighted by Gasteiger charge is -2.23. The second kappa shape index (κ2) is 12.0. The monoisotopic (exact) mass is 590 g/mol. The second-order valence-corrected chi connectivity index (χ2v) is 12.3. The number of aliphatic carboxylic acids is 1. The van der Waals surface area contributed by atoms with Crippen LogP contribution in [0, 0.1) is 0 Å². The van der Waals surface area contributed by atoms with Gasteiger partial charge >= 0.3 is 12.1 Å². The smallest absolute Gasteiger partial charge is 0.420 e. The van der Waals surface area contributed by atoms with Crippen molar-refractivity contribution in [2.24, 2.45) is 0 Å². The Balaban J connectivity index is 1.73. The number of nitrogens with one attached hydrogen (secondary N) is 1. The van der Waals surface area contributed by atoms with Crippen molar-refractivity contribution in [2.75, 3.05) is 7.11 Å². The molecule has 4 aromatic rings. The lowest BCUT2D eigenvalue weighted by atomic mass is 9.99. The van der Waals surface area contributed by atoms with Gasteiger partial charge in [-0.1, -0.05) is 6.07 Å². The van der Waals surface area contributed by atoms with Crippen molar-refractivity contribution >= 4 is 28.3 Å². The van der Waals surface area contributed by atoms with Gasteiger partial charge in [0.2, 0.25) is 0 Å². The van der Waals surface area contributed by atoms with Crippen molar-refractivity contribution in [2.45, 2.75) is 51.3 Å². The Hall–Kier alpha value is -3.74. The predicted molar refractivity (Wildman–Crippen MR) is 148 cm³/mol. The lowest BCUT2D eigenvalue weighted by molar-refractivity contribution is -0.137. The number of carboxylic acid groups (broad SMARTS) is 1. The van der Waals surface area contributed by atoms with Gasteiger partial charge in [-0.2, -0.15) is 13.2 Å². The highest BCUT2D eigenvalue weighted by Gasteiger charge is 2.35. The number of fused-ring (bicyclic) bond motifs is 1. The number of aromatic nitrogens is 1. The number of nitrogens with zero attached hydrogens (tertiary/aromatic N) is 1. The van der Waals surface area contributed by atoms with Gasteiger partial charge in [-0.25, -0.2) is 0 Å².